The summed E-state index contributed by atoms with van der Waals surface area (Å²) in [6, 6.07) is 0. The molecule has 1 rings (SSSR count). The Hall–Kier alpha value is -0.193. The highest BCUT2D eigenvalue weighted by Gasteiger charge is 2.54. The maximum absolute atomic E-state index is 13.4. The normalized spacial score (nSPS) is 24.4. The summed E-state index contributed by atoms with van der Waals surface area (Å²) in [4.78, 5) is 13.4. The minimum atomic E-state index is -2.09. The Balaban J connectivity index is 3.35. The summed E-state index contributed by atoms with van der Waals surface area (Å²) in [5.74, 6) is 1.05. The zero-order valence-corrected chi connectivity index (χ0v) is 23.1. The third-order valence-corrected chi connectivity index (χ3v) is 14.2. The highest BCUT2D eigenvalue weighted by atomic mass is 28.4. The Bertz CT molecular complexity index is 535. The van der Waals surface area contributed by atoms with Gasteiger partial charge in [-0.1, -0.05) is 69.2 Å². The van der Waals surface area contributed by atoms with Gasteiger partial charge in [-0.3, -0.25) is 4.79 Å². The largest absolute Gasteiger partial charge is 0.412 e. The van der Waals surface area contributed by atoms with Crippen LogP contribution in [0.4, 0.5) is 0 Å². The zero-order valence-electron chi connectivity index (χ0n) is 22.1. The molecule has 0 aromatic carbocycles. The first-order valence-corrected chi connectivity index (χ1v) is 14.5. The average molecular weight is 441 g/mol. The van der Waals surface area contributed by atoms with Crippen molar-refractivity contribution in [2.24, 2.45) is 23.2 Å². The number of hydrogen-bond acceptors (Lipinski definition) is 3. The van der Waals surface area contributed by atoms with Gasteiger partial charge in [-0.25, -0.2) is 0 Å². The van der Waals surface area contributed by atoms with Crippen molar-refractivity contribution in [3.8, 4) is 0 Å². The standard InChI is InChI=1S/C26H52O3Si/c1-17(2)24(29-30(18(3)4,19(5)6)20(7)8)23-22(27)14-13-21(26(23,11)12)15-16-25(9,10)28/h17-21,23-24,28H,13-16H2,1-12H3/t21-,23+,24-/m1/s1. The van der Waals surface area contributed by atoms with Crippen LogP contribution in [0.2, 0.25) is 16.6 Å². The van der Waals surface area contributed by atoms with E-state index in [4.69, 9.17) is 4.43 Å². The highest BCUT2D eigenvalue weighted by Crippen LogP contribution is 2.52. The van der Waals surface area contributed by atoms with Crippen molar-refractivity contribution in [1.29, 1.82) is 0 Å². The first kappa shape index (κ1) is 27.8. The molecule has 3 nitrogen and oxygen atoms in total. The summed E-state index contributed by atoms with van der Waals surface area (Å²) in [6.07, 6.45) is 3.29. The Kier molecular flexibility index (Phi) is 9.43. The van der Waals surface area contributed by atoms with E-state index in [2.05, 4.69) is 69.2 Å². The molecule has 4 heteroatoms. The molecular weight excluding hydrogens is 388 g/mol. The van der Waals surface area contributed by atoms with Gasteiger partial charge in [0.1, 0.15) is 5.78 Å². The summed E-state index contributed by atoms with van der Waals surface area (Å²) in [5, 5.41) is 10.3. The highest BCUT2D eigenvalue weighted by molar-refractivity contribution is 6.77. The van der Waals surface area contributed by atoms with Crippen molar-refractivity contribution in [3.05, 3.63) is 0 Å². The molecule has 0 saturated heterocycles. The second-order valence-electron chi connectivity index (χ2n) is 12.5. The van der Waals surface area contributed by atoms with Crippen LogP contribution in [0, 0.1) is 23.2 Å². The Morgan fingerprint density at radius 2 is 1.50 bits per heavy atom. The van der Waals surface area contributed by atoms with Gasteiger partial charge in [-0.15, -0.1) is 0 Å². The zero-order chi connectivity index (χ0) is 23.7. The van der Waals surface area contributed by atoms with Crippen LogP contribution in [-0.2, 0) is 9.22 Å². The SMILES string of the molecule is CC(C)[C@@H](O[Si](C(C)C)(C(C)C)C(C)C)[C@@H]1C(=O)CC[C@H](CCC(C)(C)O)C1(C)C. The monoisotopic (exact) mass is 440 g/mol. The molecule has 0 unspecified atom stereocenters. The molecule has 30 heavy (non-hydrogen) atoms. The van der Waals surface area contributed by atoms with E-state index in [0.717, 1.165) is 19.3 Å². The van der Waals surface area contributed by atoms with Gasteiger partial charge >= 0.3 is 0 Å². The number of Topliss-reactive ketones (excluding diaryl/α,β-unsaturated/α-hetero) is 1. The molecule has 0 aliphatic heterocycles. The molecule has 178 valence electrons. The number of carbonyl (C=O) groups is 1. The lowest BCUT2D eigenvalue weighted by Gasteiger charge is -2.53. The summed E-state index contributed by atoms with van der Waals surface area (Å²) in [6.45, 7) is 26.7. The second kappa shape index (κ2) is 10.2. The van der Waals surface area contributed by atoms with Crippen molar-refractivity contribution >= 4 is 14.1 Å². The smallest absolute Gasteiger partial charge is 0.200 e. The number of hydrogen-bond donors (Lipinski definition) is 1. The molecule has 1 aliphatic rings. The first-order valence-electron chi connectivity index (χ1n) is 12.4. The summed E-state index contributed by atoms with van der Waals surface area (Å²) >= 11 is 0. The Morgan fingerprint density at radius 3 is 1.87 bits per heavy atom. The van der Waals surface area contributed by atoms with Crippen LogP contribution < -0.4 is 0 Å². The first-order chi connectivity index (χ1) is 13.5. The molecule has 0 aromatic heterocycles. The van der Waals surface area contributed by atoms with Gasteiger partial charge in [-0.2, -0.15) is 0 Å². The van der Waals surface area contributed by atoms with Gasteiger partial charge in [0.2, 0.25) is 8.32 Å². The summed E-state index contributed by atoms with van der Waals surface area (Å²) in [7, 11) is -2.09. The number of rotatable bonds is 10. The van der Waals surface area contributed by atoms with Gasteiger partial charge in [-0.05, 0) is 67.0 Å². The van der Waals surface area contributed by atoms with Crippen LogP contribution in [0.15, 0.2) is 0 Å². The third kappa shape index (κ3) is 5.98. The maximum Gasteiger partial charge on any atom is 0.200 e. The quantitative estimate of drug-likeness (QED) is 0.360. The van der Waals surface area contributed by atoms with Crippen LogP contribution in [0.3, 0.4) is 0 Å². The molecule has 1 aliphatic carbocycles. The molecule has 0 heterocycles. The topological polar surface area (TPSA) is 46.5 Å². The molecule has 0 amide bonds. The van der Waals surface area contributed by atoms with Gasteiger partial charge in [0, 0.05) is 12.3 Å². The molecule has 1 saturated carbocycles. The van der Waals surface area contributed by atoms with Crippen LogP contribution in [0.5, 0.6) is 0 Å². The molecular formula is C26H52O3Si. The number of carbonyl (C=O) groups excluding carboxylic acids is 1. The average Bonchev–Trinajstić information content (AvgIpc) is 2.54. The van der Waals surface area contributed by atoms with E-state index in [1.54, 1.807) is 0 Å². The third-order valence-electron chi connectivity index (χ3n) is 8.08. The van der Waals surface area contributed by atoms with Crippen LogP contribution in [0.1, 0.15) is 109 Å². The van der Waals surface area contributed by atoms with Crippen molar-refractivity contribution in [2.45, 2.75) is 137 Å². The van der Waals surface area contributed by atoms with E-state index >= 15 is 0 Å². The van der Waals surface area contributed by atoms with Gasteiger partial charge in [0.25, 0.3) is 0 Å². The predicted molar refractivity (Wildman–Crippen MR) is 131 cm³/mol. The lowest BCUT2D eigenvalue weighted by Crippen LogP contribution is -2.57. The van der Waals surface area contributed by atoms with E-state index in [1.165, 1.54) is 0 Å². The second-order valence-corrected chi connectivity index (χ2v) is 17.9. The van der Waals surface area contributed by atoms with Gasteiger partial charge < -0.3 is 9.53 Å². The van der Waals surface area contributed by atoms with Crippen LogP contribution in [-0.4, -0.2) is 30.9 Å². The van der Waals surface area contributed by atoms with Crippen LogP contribution in [0.25, 0.3) is 0 Å². The Labute approximate surface area is 188 Å². The van der Waals surface area contributed by atoms with Gasteiger partial charge in [0.05, 0.1) is 11.7 Å². The van der Waals surface area contributed by atoms with Crippen molar-refractivity contribution in [3.63, 3.8) is 0 Å². The van der Waals surface area contributed by atoms with E-state index < -0.39 is 13.9 Å². The Morgan fingerprint density at radius 1 is 1.03 bits per heavy atom. The lowest BCUT2D eigenvalue weighted by atomic mass is 9.57. The van der Waals surface area contributed by atoms with E-state index in [-0.39, 0.29) is 17.4 Å². The van der Waals surface area contributed by atoms with Crippen LogP contribution >= 0.6 is 0 Å². The fourth-order valence-corrected chi connectivity index (χ4v) is 12.1. The van der Waals surface area contributed by atoms with Crippen molar-refractivity contribution in [2.75, 3.05) is 0 Å². The maximum atomic E-state index is 13.4. The lowest BCUT2D eigenvalue weighted by molar-refractivity contribution is -0.142. The van der Waals surface area contributed by atoms with Crippen molar-refractivity contribution < 1.29 is 14.3 Å². The fourth-order valence-electron chi connectivity index (χ4n) is 6.40. The van der Waals surface area contributed by atoms with Gasteiger partial charge in [0.15, 0.2) is 0 Å². The molecule has 3 atom stereocenters. The number of aliphatic hydroxyl groups is 1. The summed E-state index contributed by atoms with van der Waals surface area (Å²) in [5.41, 5.74) is 0.737. The minimum absolute atomic E-state index is 0.0312. The molecule has 0 bridgehead atoms. The molecule has 0 aromatic rings. The number of ketones is 1. The van der Waals surface area contributed by atoms with Crippen molar-refractivity contribution in [1.82, 2.24) is 0 Å². The fraction of sp³-hybridized carbons (Fsp3) is 0.962. The molecule has 0 spiro atoms. The minimum Gasteiger partial charge on any atom is -0.412 e. The molecule has 1 fully saturated rings. The van der Waals surface area contributed by atoms with E-state index in [1.807, 2.05) is 13.8 Å². The molecule has 0 radical (unpaired) electrons. The molecule has 1 N–H and O–H groups in total. The van der Waals surface area contributed by atoms with E-state index in [0.29, 0.717) is 40.7 Å². The van der Waals surface area contributed by atoms with E-state index in [9.17, 15) is 9.90 Å². The predicted octanol–water partition coefficient (Wildman–Crippen LogP) is 7.38. The summed E-state index contributed by atoms with van der Waals surface area (Å²) < 4.78 is 7.29.